The third kappa shape index (κ3) is 5.30. The highest BCUT2D eigenvalue weighted by molar-refractivity contribution is 7.89. The Morgan fingerprint density at radius 3 is 2.32 bits per heavy atom. The van der Waals surface area contributed by atoms with E-state index in [9.17, 15) is 8.42 Å². The second-order valence-corrected chi connectivity index (χ2v) is 8.88. The van der Waals surface area contributed by atoms with E-state index in [1.165, 1.54) is 11.4 Å². The first-order valence-corrected chi connectivity index (χ1v) is 11.6. The van der Waals surface area contributed by atoms with Gasteiger partial charge in [-0.15, -0.1) is 0 Å². The zero-order valence-corrected chi connectivity index (χ0v) is 19.1. The summed E-state index contributed by atoms with van der Waals surface area (Å²) in [7, 11) is -2.32. The molecule has 0 radical (unpaired) electrons. The van der Waals surface area contributed by atoms with E-state index in [2.05, 4.69) is 0 Å². The fourth-order valence-corrected chi connectivity index (χ4v) is 4.73. The summed E-state index contributed by atoms with van der Waals surface area (Å²) in [6.07, 6.45) is -0.699. The number of sulfonamides is 1. The smallest absolute Gasteiger partial charge is 0.243 e. The van der Waals surface area contributed by atoms with Crippen LogP contribution in [-0.4, -0.2) is 52.7 Å². The summed E-state index contributed by atoms with van der Waals surface area (Å²) in [5.74, 6) is 1.48. The van der Waals surface area contributed by atoms with Crippen molar-refractivity contribution in [1.82, 2.24) is 4.31 Å². The number of aryl methyl sites for hydroxylation is 1. The number of rotatable bonds is 11. The fraction of sp³-hybridized carbons (Fsp3) is 0.455. The fourth-order valence-electron chi connectivity index (χ4n) is 3.32. The van der Waals surface area contributed by atoms with Crippen LogP contribution in [0.15, 0.2) is 41.3 Å². The molecule has 0 N–H and O–H groups in total. The molecular formula is C22H29NO7S. The third-order valence-corrected chi connectivity index (χ3v) is 6.67. The molecule has 8 nitrogen and oxygen atoms in total. The summed E-state index contributed by atoms with van der Waals surface area (Å²) >= 11 is 0. The van der Waals surface area contributed by atoms with Crippen LogP contribution in [0.2, 0.25) is 0 Å². The van der Waals surface area contributed by atoms with E-state index in [1.807, 2.05) is 20.8 Å². The molecule has 1 aliphatic heterocycles. The lowest BCUT2D eigenvalue weighted by Gasteiger charge is -2.27. The van der Waals surface area contributed by atoms with Crippen LogP contribution in [0.5, 0.6) is 17.2 Å². The molecule has 0 spiro atoms. The predicted molar refractivity (Wildman–Crippen MR) is 115 cm³/mol. The Morgan fingerprint density at radius 2 is 1.71 bits per heavy atom. The van der Waals surface area contributed by atoms with Gasteiger partial charge < -0.3 is 23.7 Å². The lowest BCUT2D eigenvalue weighted by molar-refractivity contribution is -0.141. The molecule has 3 rings (SSSR count). The molecule has 0 fully saturated rings. The first-order chi connectivity index (χ1) is 14.9. The molecule has 1 heterocycles. The summed E-state index contributed by atoms with van der Waals surface area (Å²) < 4.78 is 56.1. The minimum atomic E-state index is -3.84. The maximum Gasteiger partial charge on any atom is 0.243 e. The van der Waals surface area contributed by atoms with E-state index in [1.54, 1.807) is 36.4 Å². The molecule has 0 saturated carbocycles. The number of hydrogen-bond acceptors (Lipinski definition) is 7. The van der Waals surface area contributed by atoms with Crippen molar-refractivity contribution in [3.05, 3.63) is 47.5 Å². The van der Waals surface area contributed by atoms with Crippen LogP contribution in [0.4, 0.5) is 0 Å². The summed E-state index contributed by atoms with van der Waals surface area (Å²) in [6, 6.07) is 10.3. The molecule has 0 aromatic heterocycles. The second kappa shape index (κ2) is 10.3. The van der Waals surface area contributed by atoms with Gasteiger partial charge in [0.15, 0.2) is 17.8 Å². The molecule has 31 heavy (non-hydrogen) atoms. The summed E-state index contributed by atoms with van der Waals surface area (Å²) in [6.45, 7) is 6.55. The standard InChI is InChI=1S/C22H29NO7S/c1-5-27-20(28-6-2)14-23(31(24,25)18-10-7-16(3)8-11-18)13-17-9-12-19-22(21(17)26-4)30-15-29-19/h7-12,20H,5-6,13-15H2,1-4H3. The first kappa shape index (κ1) is 23.3. The van der Waals surface area contributed by atoms with Gasteiger partial charge in [-0.2, -0.15) is 4.31 Å². The van der Waals surface area contributed by atoms with Crippen LogP contribution in [0, 0.1) is 6.92 Å². The average Bonchev–Trinajstić information content (AvgIpc) is 3.22. The maximum absolute atomic E-state index is 13.5. The van der Waals surface area contributed by atoms with E-state index in [0.29, 0.717) is 36.0 Å². The predicted octanol–water partition coefficient (Wildman–Crippen LogP) is 3.32. The Balaban J connectivity index is 1.99. The lowest BCUT2D eigenvalue weighted by atomic mass is 10.1. The van der Waals surface area contributed by atoms with Crippen molar-refractivity contribution in [3.8, 4) is 17.2 Å². The van der Waals surface area contributed by atoms with Gasteiger partial charge in [-0.3, -0.25) is 0 Å². The maximum atomic E-state index is 13.5. The number of nitrogens with zero attached hydrogens (tertiary/aromatic N) is 1. The highest BCUT2D eigenvalue weighted by Crippen LogP contribution is 2.43. The van der Waals surface area contributed by atoms with Gasteiger partial charge in [0, 0.05) is 25.3 Å². The van der Waals surface area contributed by atoms with Crippen LogP contribution in [0.3, 0.4) is 0 Å². The van der Waals surface area contributed by atoms with Gasteiger partial charge in [0.1, 0.15) is 0 Å². The molecule has 0 unspecified atom stereocenters. The van der Waals surface area contributed by atoms with Gasteiger partial charge >= 0.3 is 0 Å². The van der Waals surface area contributed by atoms with Crippen molar-refractivity contribution in [3.63, 3.8) is 0 Å². The highest BCUT2D eigenvalue weighted by atomic mass is 32.2. The van der Waals surface area contributed by atoms with Gasteiger partial charge in [0.2, 0.25) is 22.6 Å². The highest BCUT2D eigenvalue weighted by Gasteiger charge is 2.31. The molecule has 2 aromatic carbocycles. The largest absolute Gasteiger partial charge is 0.492 e. The van der Waals surface area contributed by atoms with Crippen molar-refractivity contribution >= 4 is 10.0 Å². The molecular weight excluding hydrogens is 422 g/mol. The van der Waals surface area contributed by atoms with Gasteiger partial charge in [-0.05, 0) is 39.0 Å². The van der Waals surface area contributed by atoms with Gasteiger partial charge in [0.25, 0.3) is 0 Å². The molecule has 0 amide bonds. The van der Waals surface area contributed by atoms with Crippen molar-refractivity contribution in [2.75, 3.05) is 33.7 Å². The molecule has 1 aliphatic rings. The van der Waals surface area contributed by atoms with Crippen LogP contribution in [0.1, 0.15) is 25.0 Å². The van der Waals surface area contributed by atoms with Gasteiger partial charge in [0.05, 0.1) is 18.6 Å². The van der Waals surface area contributed by atoms with E-state index in [0.717, 1.165) is 5.56 Å². The Hall–Kier alpha value is -2.33. The van der Waals surface area contributed by atoms with Crippen LogP contribution in [0.25, 0.3) is 0 Å². The second-order valence-electron chi connectivity index (χ2n) is 6.94. The third-order valence-electron chi connectivity index (χ3n) is 4.84. The molecule has 0 bridgehead atoms. The molecule has 0 aliphatic carbocycles. The van der Waals surface area contributed by atoms with E-state index in [4.69, 9.17) is 23.7 Å². The average molecular weight is 452 g/mol. The van der Waals surface area contributed by atoms with Crippen LogP contribution < -0.4 is 14.2 Å². The normalized spacial score (nSPS) is 13.2. The van der Waals surface area contributed by atoms with Crippen molar-refractivity contribution in [2.45, 2.75) is 38.5 Å². The summed E-state index contributed by atoms with van der Waals surface area (Å²) in [5.41, 5.74) is 1.62. The number of hydrogen-bond donors (Lipinski definition) is 0. The topological polar surface area (TPSA) is 83.5 Å². The SMILES string of the molecule is CCOC(CN(Cc1ccc2c(c1OC)OCO2)S(=O)(=O)c1ccc(C)cc1)OCC. The molecule has 170 valence electrons. The quantitative estimate of drug-likeness (QED) is 0.485. The Morgan fingerprint density at radius 1 is 1.03 bits per heavy atom. The Kier molecular flexibility index (Phi) is 7.77. The van der Waals surface area contributed by atoms with E-state index in [-0.39, 0.29) is 24.8 Å². The summed E-state index contributed by atoms with van der Waals surface area (Å²) in [5, 5.41) is 0. The Bertz CT molecular complexity index is 970. The minimum absolute atomic E-state index is 0.0233. The number of fused-ring (bicyclic) bond motifs is 1. The minimum Gasteiger partial charge on any atom is -0.492 e. The molecule has 0 saturated heterocycles. The Labute approximate surface area is 183 Å². The number of ether oxygens (including phenoxy) is 5. The van der Waals surface area contributed by atoms with Crippen LogP contribution in [-0.2, 0) is 26.0 Å². The lowest BCUT2D eigenvalue weighted by Crippen LogP contribution is -2.39. The zero-order chi connectivity index (χ0) is 22.4. The molecule has 2 aromatic rings. The van der Waals surface area contributed by atoms with Crippen LogP contribution >= 0.6 is 0 Å². The molecule has 0 atom stereocenters. The van der Waals surface area contributed by atoms with Gasteiger partial charge in [-0.25, -0.2) is 8.42 Å². The van der Waals surface area contributed by atoms with Crippen molar-refractivity contribution in [2.24, 2.45) is 0 Å². The number of benzene rings is 2. The monoisotopic (exact) mass is 451 g/mol. The molecule has 9 heteroatoms. The van der Waals surface area contributed by atoms with E-state index >= 15 is 0 Å². The zero-order valence-electron chi connectivity index (χ0n) is 18.3. The van der Waals surface area contributed by atoms with Crippen molar-refractivity contribution in [1.29, 1.82) is 0 Å². The number of methoxy groups -OCH3 is 1. The first-order valence-electron chi connectivity index (χ1n) is 10.2. The van der Waals surface area contributed by atoms with Crippen molar-refractivity contribution < 1.29 is 32.1 Å². The van der Waals surface area contributed by atoms with E-state index < -0.39 is 16.3 Å². The van der Waals surface area contributed by atoms with Gasteiger partial charge in [-0.1, -0.05) is 23.8 Å². The summed E-state index contributed by atoms with van der Waals surface area (Å²) in [4.78, 5) is 0.199.